The van der Waals surface area contributed by atoms with E-state index >= 15 is 0 Å². The molecule has 3 aromatic rings. The largest absolute Gasteiger partial charge is 0.317 e. The van der Waals surface area contributed by atoms with Crippen LogP contribution in [0.3, 0.4) is 0 Å². The fourth-order valence-corrected chi connectivity index (χ4v) is 3.72. The summed E-state index contributed by atoms with van der Waals surface area (Å²) in [6.45, 7) is 6.14. The van der Waals surface area contributed by atoms with E-state index in [1.807, 2.05) is 54.9 Å². The van der Waals surface area contributed by atoms with E-state index in [-0.39, 0.29) is 5.57 Å². The van der Waals surface area contributed by atoms with Crippen molar-refractivity contribution in [3.05, 3.63) is 63.9 Å². The van der Waals surface area contributed by atoms with Gasteiger partial charge in [0.1, 0.15) is 16.6 Å². The molecular weight excluding hydrogens is 370 g/mol. The summed E-state index contributed by atoms with van der Waals surface area (Å²) in [5.41, 5.74) is 4.07. The smallest absolute Gasteiger partial charge is 0.268 e. The Morgan fingerprint density at radius 2 is 2.14 bits per heavy atom. The van der Waals surface area contributed by atoms with Gasteiger partial charge in [-0.1, -0.05) is 36.0 Å². The molecule has 0 saturated carbocycles. The fourth-order valence-electron chi connectivity index (χ4n) is 2.89. The van der Waals surface area contributed by atoms with Gasteiger partial charge in [-0.2, -0.15) is 5.26 Å². The molecule has 0 aliphatic carbocycles. The molecule has 0 fully saturated rings. The van der Waals surface area contributed by atoms with Crippen LogP contribution >= 0.6 is 11.3 Å². The van der Waals surface area contributed by atoms with Crippen LogP contribution in [0.5, 0.6) is 0 Å². The summed E-state index contributed by atoms with van der Waals surface area (Å²) in [5, 5.41) is 21.4. The number of aryl methyl sites for hydroxylation is 3. The molecule has 0 bridgehead atoms. The number of benzene rings is 1. The number of amides is 1. The summed E-state index contributed by atoms with van der Waals surface area (Å²) < 4.78 is 1.96. The van der Waals surface area contributed by atoms with Crippen molar-refractivity contribution in [2.75, 3.05) is 5.32 Å². The van der Waals surface area contributed by atoms with Gasteiger partial charge in [0.05, 0.1) is 0 Å². The summed E-state index contributed by atoms with van der Waals surface area (Å²) in [6, 6.07) is 11.9. The second-order valence-corrected chi connectivity index (χ2v) is 7.53. The third kappa shape index (κ3) is 4.35. The molecule has 3 rings (SSSR count). The van der Waals surface area contributed by atoms with Crippen LogP contribution in [0.1, 0.15) is 35.2 Å². The molecule has 142 valence electrons. The molecule has 0 aliphatic rings. The number of hydrogen-bond donors (Lipinski definition) is 1. The number of nitrogens with zero attached hydrogens (tertiary/aromatic N) is 4. The van der Waals surface area contributed by atoms with Gasteiger partial charge in [-0.05, 0) is 50.1 Å². The first-order valence-electron chi connectivity index (χ1n) is 9.02. The van der Waals surface area contributed by atoms with Crippen LogP contribution in [0.2, 0.25) is 0 Å². The van der Waals surface area contributed by atoms with Crippen molar-refractivity contribution in [2.45, 2.75) is 33.6 Å². The lowest BCUT2D eigenvalue weighted by Gasteiger charge is -2.11. The molecule has 7 heteroatoms. The Balaban J connectivity index is 1.86. The van der Waals surface area contributed by atoms with Gasteiger partial charge in [0.15, 0.2) is 0 Å². The van der Waals surface area contributed by atoms with E-state index in [0.717, 1.165) is 34.8 Å². The summed E-state index contributed by atoms with van der Waals surface area (Å²) in [6.07, 6.45) is 5.28. The zero-order chi connectivity index (χ0) is 20.1. The highest BCUT2D eigenvalue weighted by atomic mass is 32.1. The topological polar surface area (TPSA) is 83.6 Å². The van der Waals surface area contributed by atoms with Gasteiger partial charge >= 0.3 is 0 Å². The Labute approximate surface area is 168 Å². The molecule has 0 atom stereocenters. The van der Waals surface area contributed by atoms with Crippen molar-refractivity contribution >= 4 is 28.5 Å². The monoisotopic (exact) mass is 391 g/mol. The SMILES string of the molecule is CCCc1nnc(NC(=O)/C(C#N)=C\c2cccn2-c2ccc(C)cc2C)s1. The summed E-state index contributed by atoms with van der Waals surface area (Å²) >= 11 is 1.33. The van der Waals surface area contributed by atoms with Crippen LogP contribution in [0.25, 0.3) is 11.8 Å². The molecule has 1 aromatic carbocycles. The molecule has 2 aromatic heterocycles. The molecular formula is C21H21N5OS. The number of nitriles is 1. The molecule has 0 saturated heterocycles. The molecule has 6 nitrogen and oxygen atoms in total. The van der Waals surface area contributed by atoms with E-state index in [1.54, 1.807) is 6.08 Å². The van der Waals surface area contributed by atoms with Crippen LogP contribution in [0.15, 0.2) is 42.1 Å². The zero-order valence-corrected chi connectivity index (χ0v) is 16.9. The van der Waals surface area contributed by atoms with E-state index in [9.17, 15) is 10.1 Å². The highest BCUT2D eigenvalue weighted by Gasteiger charge is 2.14. The Hall–Kier alpha value is -3.24. The third-order valence-electron chi connectivity index (χ3n) is 4.20. The van der Waals surface area contributed by atoms with Crippen molar-refractivity contribution in [3.8, 4) is 11.8 Å². The first-order valence-corrected chi connectivity index (χ1v) is 9.84. The van der Waals surface area contributed by atoms with Gasteiger partial charge in [0.25, 0.3) is 5.91 Å². The number of carbonyl (C=O) groups is 1. The Morgan fingerprint density at radius 1 is 1.32 bits per heavy atom. The van der Waals surface area contributed by atoms with Crippen molar-refractivity contribution in [3.63, 3.8) is 0 Å². The number of anilines is 1. The minimum Gasteiger partial charge on any atom is -0.317 e. The number of rotatable bonds is 6. The minimum absolute atomic E-state index is 0.0111. The Kier molecular flexibility index (Phi) is 6.02. The molecule has 2 heterocycles. The normalized spacial score (nSPS) is 11.3. The minimum atomic E-state index is -0.491. The quantitative estimate of drug-likeness (QED) is 0.497. The predicted molar refractivity (Wildman–Crippen MR) is 111 cm³/mol. The Morgan fingerprint density at radius 3 is 2.86 bits per heavy atom. The van der Waals surface area contributed by atoms with E-state index in [2.05, 4.69) is 28.5 Å². The first-order chi connectivity index (χ1) is 13.5. The van der Waals surface area contributed by atoms with Gasteiger partial charge in [-0.25, -0.2) is 0 Å². The van der Waals surface area contributed by atoms with Gasteiger partial charge in [-0.3, -0.25) is 10.1 Å². The number of nitrogens with one attached hydrogen (secondary N) is 1. The number of carbonyl (C=O) groups excluding carboxylic acids is 1. The summed E-state index contributed by atoms with van der Waals surface area (Å²) in [4.78, 5) is 12.5. The van der Waals surface area contributed by atoms with Crippen LogP contribution in [-0.4, -0.2) is 20.7 Å². The molecule has 0 radical (unpaired) electrons. The molecule has 0 aliphatic heterocycles. The second-order valence-electron chi connectivity index (χ2n) is 6.47. The van der Waals surface area contributed by atoms with Gasteiger partial charge < -0.3 is 4.57 Å². The van der Waals surface area contributed by atoms with Crippen LogP contribution in [0, 0.1) is 25.2 Å². The summed E-state index contributed by atoms with van der Waals surface area (Å²) in [5.74, 6) is -0.491. The lowest BCUT2D eigenvalue weighted by molar-refractivity contribution is -0.112. The number of hydrogen-bond acceptors (Lipinski definition) is 5. The van der Waals surface area contributed by atoms with Gasteiger partial charge in [0.2, 0.25) is 5.13 Å². The maximum absolute atomic E-state index is 12.5. The van der Waals surface area contributed by atoms with Crippen molar-refractivity contribution in [1.29, 1.82) is 5.26 Å². The summed E-state index contributed by atoms with van der Waals surface area (Å²) in [7, 11) is 0. The van der Waals surface area contributed by atoms with Crippen LogP contribution in [-0.2, 0) is 11.2 Å². The van der Waals surface area contributed by atoms with Crippen molar-refractivity contribution in [2.24, 2.45) is 0 Å². The number of aromatic nitrogens is 3. The molecule has 0 unspecified atom stereocenters. The lowest BCUT2D eigenvalue weighted by atomic mass is 10.1. The highest BCUT2D eigenvalue weighted by Crippen LogP contribution is 2.21. The van der Waals surface area contributed by atoms with Gasteiger partial charge in [0, 0.05) is 24.0 Å². The standard InChI is InChI=1S/C21H21N5OS/c1-4-6-19-24-25-21(28-19)23-20(27)16(13-22)12-17-7-5-10-26(17)18-9-8-14(2)11-15(18)3/h5,7-12H,4,6H2,1-3H3,(H,23,25,27)/b16-12-. The van der Waals surface area contributed by atoms with E-state index < -0.39 is 5.91 Å². The average molecular weight is 392 g/mol. The van der Waals surface area contributed by atoms with Crippen molar-refractivity contribution in [1.82, 2.24) is 14.8 Å². The molecule has 1 N–H and O–H groups in total. The second kappa shape index (κ2) is 8.63. The first kappa shape index (κ1) is 19.5. The van der Waals surface area contributed by atoms with Crippen molar-refractivity contribution < 1.29 is 4.79 Å². The fraction of sp³-hybridized carbons (Fsp3) is 0.238. The van der Waals surface area contributed by atoms with E-state index in [1.165, 1.54) is 16.9 Å². The average Bonchev–Trinajstić information content (AvgIpc) is 3.29. The molecule has 1 amide bonds. The third-order valence-corrected chi connectivity index (χ3v) is 5.10. The molecule has 0 spiro atoms. The van der Waals surface area contributed by atoms with Crippen LogP contribution < -0.4 is 5.32 Å². The van der Waals surface area contributed by atoms with E-state index in [4.69, 9.17) is 0 Å². The van der Waals surface area contributed by atoms with E-state index in [0.29, 0.717) is 5.13 Å². The maximum Gasteiger partial charge on any atom is 0.268 e. The zero-order valence-electron chi connectivity index (χ0n) is 16.1. The van der Waals surface area contributed by atoms with Gasteiger partial charge in [-0.15, -0.1) is 10.2 Å². The maximum atomic E-state index is 12.5. The predicted octanol–water partition coefficient (Wildman–Crippen LogP) is 4.44. The van der Waals surface area contributed by atoms with Crippen LogP contribution in [0.4, 0.5) is 5.13 Å². The lowest BCUT2D eigenvalue weighted by Crippen LogP contribution is -2.13. The Bertz CT molecular complexity index is 1070. The molecule has 28 heavy (non-hydrogen) atoms. The highest BCUT2D eigenvalue weighted by molar-refractivity contribution is 7.15.